The first-order chi connectivity index (χ1) is 28.1. The summed E-state index contributed by atoms with van der Waals surface area (Å²) in [4.78, 5) is 5.10. The molecule has 0 N–H and O–H groups in total. The maximum atomic E-state index is 7.43. The summed E-state index contributed by atoms with van der Waals surface area (Å²) in [5.74, 6) is 0.972. The number of benzene rings is 5. The predicted octanol–water partition coefficient (Wildman–Crippen LogP) is 13.5. The lowest BCUT2D eigenvalue weighted by Crippen LogP contribution is -2.61. The molecule has 6 aromatic rings. The van der Waals surface area contributed by atoms with Crippen molar-refractivity contribution >= 4 is 68.4 Å². The number of rotatable bonds is 2. The van der Waals surface area contributed by atoms with Gasteiger partial charge in [-0.2, -0.15) is 0 Å². The number of fused-ring (bicyclic) bond motifs is 12. The highest BCUT2D eigenvalue weighted by atomic mass is 16.4. The number of aryl methyl sites for hydroxylation is 1. The van der Waals surface area contributed by atoms with Crippen molar-refractivity contribution < 1.29 is 4.42 Å². The van der Waals surface area contributed by atoms with Crippen molar-refractivity contribution in [2.45, 2.75) is 155 Å². The van der Waals surface area contributed by atoms with Crippen LogP contribution >= 0.6 is 0 Å². The van der Waals surface area contributed by atoms with E-state index < -0.39 is 0 Å². The van der Waals surface area contributed by atoms with Gasteiger partial charge in [-0.3, -0.25) is 4.90 Å². The second kappa shape index (κ2) is 11.8. The zero-order chi connectivity index (χ0) is 42.3. The number of hydrogen-bond donors (Lipinski definition) is 0. The largest absolute Gasteiger partial charge is 0.440 e. The van der Waals surface area contributed by atoms with Crippen molar-refractivity contribution in [3.63, 3.8) is 0 Å². The van der Waals surface area contributed by atoms with E-state index in [-0.39, 0.29) is 39.2 Å². The second-order valence-corrected chi connectivity index (χ2v) is 23.7. The zero-order valence-corrected chi connectivity index (χ0v) is 38.5. The van der Waals surface area contributed by atoms with Gasteiger partial charge in [0.1, 0.15) is 5.58 Å². The lowest BCUT2D eigenvalue weighted by atomic mass is 9.33. The standard InChI is InChI=1S/C56H63BN2O/c1-33-26-45-49-46(27-33)59(37-20-16-35(17-21-37)52(5,6)7)50-48(38-28-41-42(31-47(38)60-50)56(13)25-24-55(41,12)32-56)57(49)43-29-39-40(54(10,11)23-22-53(39,8)9)30-44(43)58(45)36-18-14-34(15-19-36)51(2,3)4/h14-21,26-31H,22-25,32H2,1-13H3. The lowest BCUT2D eigenvalue weighted by molar-refractivity contribution is 0.332. The third-order valence-corrected chi connectivity index (χ3v) is 16.2. The molecule has 3 aliphatic carbocycles. The fourth-order valence-corrected chi connectivity index (χ4v) is 12.6. The molecule has 2 unspecified atom stereocenters. The van der Waals surface area contributed by atoms with Crippen LogP contribution < -0.4 is 26.2 Å². The van der Waals surface area contributed by atoms with Gasteiger partial charge < -0.3 is 9.32 Å². The average molecular weight is 791 g/mol. The molecule has 1 fully saturated rings. The summed E-state index contributed by atoms with van der Waals surface area (Å²) in [6.45, 7) is 31.0. The average Bonchev–Trinajstić information content (AvgIpc) is 3.78. The molecule has 3 heterocycles. The lowest BCUT2D eigenvalue weighted by Gasteiger charge is -2.46. The summed E-state index contributed by atoms with van der Waals surface area (Å²) in [5.41, 5.74) is 21.9. The van der Waals surface area contributed by atoms with E-state index in [1.165, 1.54) is 110 Å². The molecular formula is C56H63BN2O. The highest BCUT2D eigenvalue weighted by Crippen LogP contribution is 2.61. The van der Waals surface area contributed by atoms with E-state index >= 15 is 0 Å². The van der Waals surface area contributed by atoms with Crippen LogP contribution in [-0.4, -0.2) is 6.71 Å². The molecular weight excluding hydrogens is 727 g/mol. The van der Waals surface area contributed by atoms with Crippen molar-refractivity contribution in [3.8, 4) is 0 Å². The molecule has 1 aromatic heterocycles. The van der Waals surface area contributed by atoms with Gasteiger partial charge in [0, 0.05) is 39.3 Å². The van der Waals surface area contributed by atoms with E-state index in [1.807, 2.05) is 0 Å². The highest BCUT2D eigenvalue weighted by molar-refractivity contribution is 7.01. The SMILES string of the molecule is Cc1cc2c3c(c1)N(c1ccc(C(C)(C)C)cc1)c1oc4cc5c(cc4c1B3c1cc3c(cc1N2c1ccc(C(C)(C)C)cc1)C(C)(C)CCC3(C)C)C1(C)CCC5(C)C1. The molecule has 2 bridgehead atoms. The zero-order valence-electron chi connectivity index (χ0n) is 38.5. The minimum Gasteiger partial charge on any atom is -0.440 e. The molecule has 1 saturated carbocycles. The Balaban J connectivity index is 1.26. The van der Waals surface area contributed by atoms with Gasteiger partial charge in [-0.15, -0.1) is 0 Å². The Morgan fingerprint density at radius 2 is 1.03 bits per heavy atom. The quantitative estimate of drug-likeness (QED) is 0.163. The van der Waals surface area contributed by atoms with Crippen LogP contribution in [0.3, 0.4) is 0 Å². The molecule has 5 aromatic carbocycles. The van der Waals surface area contributed by atoms with Crippen LogP contribution in [0, 0.1) is 6.92 Å². The fraction of sp³-hybridized carbons (Fsp3) is 0.429. The molecule has 306 valence electrons. The Morgan fingerprint density at radius 3 is 1.58 bits per heavy atom. The van der Waals surface area contributed by atoms with Crippen LogP contribution in [0.2, 0.25) is 0 Å². The van der Waals surface area contributed by atoms with Gasteiger partial charge in [0.15, 0.2) is 0 Å². The molecule has 0 saturated heterocycles. The number of nitrogens with zero attached hydrogens (tertiary/aromatic N) is 2. The number of anilines is 6. The summed E-state index contributed by atoms with van der Waals surface area (Å²) in [7, 11) is 0. The van der Waals surface area contributed by atoms with E-state index in [2.05, 4.69) is 185 Å². The summed E-state index contributed by atoms with van der Waals surface area (Å²) in [6, 6.07) is 34.0. The third kappa shape index (κ3) is 5.21. The maximum absolute atomic E-state index is 7.43. The van der Waals surface area contributed by atoms with E-state index in [9.17, 15) is 0 Å². The van der Waals surface area contributed by atoms with E-state index in [1.54, 1.807) is 5.56 Å². The van der Waals surface area contributed by atoms with Crippen LogP contribution in [0.5, 0.6) is 0 Å². The fourth-order valence-electron chi connectivity index (χ4n) is 12.6. The summed E-state index contributed by atoms with van der Waals surface area (Å²) >= 11 is 0. The first-order valence-electron chi connectivity index (χ1n) is 22.8. The first kappa shape index (κ1) is 38.2. The Labute approximate surface area is 359 Å². The molecule has 2 aliphatic heterocycles. The predicted molar refractivity (Wildman–Crippen MR) is 256 cm³/mol. The smallest absolute Gasteiger partial charge is 0.257 e. The number of hydrogen-bond acceptors (Lipinski definition) is 3. The van der Waals surface area contributed by atoms with Crippen molar-refractivity contribution in [1.82, 2.24) is 0 Å². The van der Waals surface area contributed by atoms with Crippen LogP contribution in [-0.2, 0) is 32.5 Å². The molecule has 60 heavy (non-hydrogen) atoms. The topological polar surface area (TPSA) is 19.6 Å². The van der Waals surface area contributed by atoms with Crippen LogP contribution in [0.15, 0.2) is 89.3 Å². The first-order valence-corrected chi connectivity index (χ1v) is 22.8. The maximum Gasteiger partial charge on any atom is 0.257 e. The van der Waals surface area contributed by atoms with Gasteiger partial charge in [0.05, 0.1) is 0 Å². The normalized spacial score (nSPS) is 23.1. The summed E-state index contributed by atoms with van der Waals surface area (Å²) < 4.78 is 7.43. The third-order valence-electron chi connectivity index (χ3n) is 16.2. The van der Waals surface area contributed by atoms with E-state index in [4.69, 9.17) is 4.42 Å². The Bertz CT molecular complexity index is 2810. The molecule has 3 nitrogen and oxygen atoms in total. The highest BCUT2D eigenvalue weighted by Gasteiger charge is 2.54. The Morgan fingerprint density at radius 1 is 0.533 bits per heavy atom. The van der Waals surface area contributed by atoms with Gasteiger partial charge in [0.2, 0.25) is 5.88 Å². The van der Waals surface area contributed by atoms with Crippen molar-refractivity contribution in [1.29, 1.82) is 0 Å². The van der Waals surface area contributed by atoms with Crippen molar-refractivity contribution in [3.05, 3.63) is 124 Å². The van der Waals surface area contributed by atoms with Crippen molar-refractivity contribution in [2.75, 3.05) is 9.80 Å². The van der Waals surface area contributed by atoms with Crippen LogP contribution in [0.25, 0.3) is 11.0 Å². The molecule has 4 heteroatoms. The van der Waals surface area contributed by atoms with E-state index in [0.29, 0.717) is 0 Å². The summed E-state index contributed by atoms with van der Waals surface area (Å²) in [5, 5.41) is 1.28. The monoisotopic (exact) mass is 791 g/mol. The molecule has 5 aliphatic rings. The van der Waals surface area contributed by atoms with Crippen LogP contribution in [0.4, 0.5) is 34.3 Å². The summed E-state index contributed by atoms with van der Waals surface area (Å²) in [6.07, 6.45) is 6.10. The van der Waals surface area contributed by atoms with Gasteiger partial charge in [0.25, 0.3) is 6.71 Å². The van der Waals surface area contributed by atoms with Crippen LogP contribution in [0.1, 0.15) is 154 Å². The Kier molecular flexibility index (Phi) is 7.53. The molecule has 2 atom stereocenters. The second-order valence-electron chi connectivity index (χ2n) is 23.7. The Hall–Kier alpha value is -4.70. The van der Waals surface area contributed by atoms with Gasteiger partial charge in [-0.25, -0.2) is 0 Å². The minimum absolute atomic E-state index is 0.00298. The van der Waals surface area contributed by atoms with E-state index in [0.717, 1.165) is 17.2 Å². The minimum atomic E-state index is 0.00298. The molecule has 0 spiro atoms. The van der Waals surface area contributed by atoms with Gasteiger partial charge >= 0.3 is 0 Å². The molecule has 11 rings (SSSR count). The number of furan rings is 1. The van der Waals surface area contributed by atoms with Crippen molar-refractivity contribution in [2.24, 2.45) is 0 Å². The van der Waals surface area contributed by atoms with Gasteiger partial charge in [-0.1, -0.05) is 113 Å². The molecule has 0 amide bonds. The molecule has 0 radical (unpaired) electrons. The van der Waals surface area contributed by atoms with Gasteiger partial charge in [-0.05, 0) is 176 Å².